The minimum Gasteiger partial charge on any atom is -0.491 e. The molecule has 0 spiro atoms. The Hall–Kier alpha value is -3.63. The number of hydrogen-bond acceptors (Lipinski definition) is 6. The fourth-order valence-electron chi connectivity index (χ4n) is 4.49. The van der Waals surface area contributed by atoms with Gasteiger partial charge < -0.3 is 9.47 Å². The van der Waals surface area contributed by atoms with Crippen molar-refractivity contribution in [2.45, 2.75) is 118 Å². The second-order valence-electron chi connectivity index (χ2n) is 12.7. The van der Waals surface area contributed by atoms with Gasteiger partial charge in [0.25, 0.3) is 0 Å². The lowest BCUT2D eigenvalue weighted by atomic mass is 9.98. The molecule has 0 aliphatic rings. The molecule has 2 aromatic rings. The first kappa shape index (κ1) is 53.5. The predicted octanol–water partition coefficient (Wildman–Crippen LogP) is 12.2. The number of ether oxygens (including phenoxy) is 4. The molecular formula is C32H29F23N2O4. The Balaban J connectivity index is 2.07. The first-order valence-electron chi connectivity index (χ1n) is 16.8. The topological polar surface area (TPSA) is 62.7 Å². The molecule has 0 fully saturated rings. The SMILES string of the molecule is CCCCCCCCc1cnc(-c2ccc(OCCOCC(F)(F)C(F)(F)C(F)(F)C(F)(F)C(F)(F)OC(F)(F)C(F)(F)OC(F)(F)C(F)(F)C(F)(F)C(F)(F)F)cc2)nc1. The van der Waals surface area contributed by atoms with Crippen molar-refractivity contribution in [1.82, 2.24) is 9.97 Å². The van der Waals surface area contributed by atoms with E-state index in [2.05, 4.69) is 21.6 Å². The summed E-state index contributed by atoms with van der Waals surface area (Å²) in [5.74, 6) is -48.1. The summed E-state index contributed by atoms with van der Waals surface area (Å²) in [4.78, 5) is 8.44. The van der Waals surface area contributed by atoms with Crippen molar-refractivity contribution in [3.8, 4) is 17.1 Å². The lowest BCUT2D eigenvalue weighted by Gasteiger charge is -2.40. The van der Waals surface area contributed by atoms with Gasteiger partial charge in [0, 0.05) is 18.0 Å². The summed E-state index contributed by atoms with van der Waals surface area (Å²) < 4.78 is 321. The second-order valence-corrected chi connectivity index (χ2v) is 12.7. The monoisotopic (exact) mass is 942 g/mol. The second kappa shape index (κ2) is 18.6. The number of nitrogens with zero attached hydrogens (tertiary/aromatic N) is 2. The number of unbranched alkanes of at least 4 members (excludes halogenated alkanes) is 5. The lowest BCUT2D eigenvalue weighted by Crippen LogP contribution is -2.70. The quantitative estimate of drug-likeness (QED) is 0.0730. The summed E-state index contributed by atoms with van der Waals surface area (Å²) in [6, 6.07) is 5.23. The van der Waals surface area contributed by atoms with Gasteiger partial charge in [-0.1, -0.05) is 39.0 Å². The zero-order chi connectivity index (χ0) is 47.4. The maximum absolute atomic E-state index is 14.1. The van der Waals surface area contributed by atoms with Gasteiger partial charge in [0.05, 0.1) is 6.61 Å². The van der Waals surface area contributed by atoms with Gasteiger partial charge >= 0.3 is 66.1 Å². The predicted molar refractivity (Wildman–Crippen MR) is 159 cm³/mol. The molecule has 2 rings (SSSR count). The van der Waals surface area contributed by atoms with Crippen molar-refractivity contribution >= 4 is 0 Å². The number of hydrogen-bond donors (Lipinski definition) is 0. The Labute approximate surface area is 327 Å². The molecule has 352 valence electrons. The van der Waals surface area contributed by atoms with Gasteiger partial charge in [-0.25, -0.2) is 19.4 Å². The van der Waals surface area contributed by atoms with E-state index in [1.54, 1.807) is 12.4 Å². The summed E-state index contributed by atoms with van der Waals surface area (Å²) in [6.45, 7) is -3.21. The molecular weight excluding hydrogens is 913 g/mol. The average molecular weight is 943 g/mol. The van der Waals surface area contributed by atoms with E-state index in [1.165, 1.54) is 29.0 Å². The number of benzene rings is 1. The highest BCUT2D eigenvalue weighted by Crippen LogP contribution is 2.60. The van der Waals surface area contributed by atoms with Gasteiger partial charge in [0.1, 0.15) is 19.0 Å². The van der Waals surface area contributed by atoms with E-state index in [4.69, 9.17) is 4.74 Å². The number of rotatable bonds is 25. The molecule has 0 unspecified atom stereocenters. The molecule has 0 saturated heterocycles. The van der Waals surface area contributed by atoms with Crippen LogP contribution in [0, 0.1) is 0 Å². The Morgan fingerprint density at radius 2 is 0.918 bits per heavy atom. The zero-order valence-electron chi connectivity index (χ0n) is 30.3. The Kier molecular flexibility index (Phi) is 16.3. The number of aryl methyl sites for hydroxylation is 1. The molecule has 0 bridgehead atoms. The van der Waals surface area contributed by atoms with Crippen molar-refractivity contribution in [1.29, 1.82) is 0 Å². The van der Waals surface area contributed by atoms with E-state index < -0.39 is 86.0 Å². The van der Waals surface area contributed by atoms with Crippen LogP contribution >= 0.6 is 0 Å². The van der Waals surface area contributed by atoms with Crippen molar-refractivity contribution in [2.75, 3.05) is 19.8 Å². The van der Waals surface area contributed by atoms with Crippen molar-refractivity contribution in [2.24, 2.45) is 0 Å². The molecule has 61 heavy (non-hydrogen) atoms. The lowest BCUT2D eigenvalue weighted by molar-refractivity contribution is -0.558. The minimum absolute atomic E-state index is 0.0954. The van der Waals surface area contributed by atoms with Crippen LogP contribution in [0.4, 0.5) is 101 Å². The smallest absolute Gasteiger partial charge is 0.460 e. The minimum atomic E-state index is -8.59. The van der Waals surface area contributed by atoms with Crippen LogP contribution in [0.25, 0.3) is 11.4 Å². The maximum Gasteiger partial charge on any atom is 0.460 e. The third kappa shape index (κ3) is 11.3. The van der Waals surface area contributed by atoms with E-state index in [0.717, 1.165) is 55.2 Å². The van der Waals surface area contributed by atoms with E-state index in [0.29, 0.717) is 5.56 Å². The number of alkyl halides is 23. The van der Waals surface area contributed by atoms with Crippen LogP contribution in [0.3, 0.4) is 0 Å². The van der Waals surface area contributed by atoms with Gasteiger partial charge in [0.2, 0.25) is 0 Å². The van der Waals surface area contributed by atoms with Gasteiger partial charge in [0.15, 0.2) is 5.82 Å². The number of halogens is 23. The average Bonchev–Trinajstić information content (AvgIpc) is 3.11. The van der Waals surface area contributed by atoms with Crippen molar-refractivity contribution in [3.05, 3.63) is 42.2 Å². The van der Waals surface area contributed by atoms with Crippen LogP contribution in [0.2, 0.25) is 0 Å². The third-order valence-corrected chi connectivity index (χ3v) is 8.00. The summed E-state index contributed by atoms with van der Waals surface area (Å²) in [5.41, 5.74) is 1.29. The summed E-state index contributed by atoms with van der Waals surface area (Å²) in [6.07, 6.45) is -30.8. The first-order valence-corrected chi connectivity index (χ1v) is 16.8. The molecule has 0 radical (unpaired) electrons. The molecule has 29 heteroatoms. The van der Waals surface area contributed by atoms with Gasteiger partial charge in [-0.2, -0.15) is 101 Å². The molecule has 0 aliphatic heterocycles. The van der Waals surface area contributed by atoms with Crippen LogP contribution in [0.5, 0.6) is 5.75 Å². The van der Waals surface area contributed by atoms with Crippen LogP contribution in [-0.4, -0.2) is 95.9 Å². The molecule has 0 saturated carbocycles. The van der Waals surface area contributed by atoms with Gasteiger partial charge in [-0.15, -0.1) is 0 Å². The standard InChI is InChI=1S/C32H29F23N2O4/c1-2-3-4-5-6-7-8-18-15-56-21(57-16-18)19-9-11-20(12-10-19)59-14-13-58-17-22(33,34)23(35,36)24(37,38)26(41,42)29(48,49)60-31(52,53)32(54,55)61-30(50,51)27(43,44)25(39,40)28(45,46)47/h9-12,15-16H,2-8,13-14,17H2,1H3. The van der Waals surface area contributed by atoms with E-state index >= 15 is 0 Å². The Morgan fingerprint density at radius 3 is 1.38 bits per heavy atom. The summed E-state index contributed by atoms with van der Waals surface area (Å²) >= 11 is 0. The van der Waals surface area contributed by atoms with Gasteiger partial charge in [-0.05, 0) is 42.7 Å². The molecule has 0 N–H and O–H groups in total. The van der Waals surface area contributed by atoms with Crippen LogP contribution < -0.4 is 4.74 Å². The largest absolute Gasteiger partial charge is 0.491 e. The highest BCUT2D eigenvalue weighted by Gasteiger charge is 2.89. The summed E-state index contributed by atoms with van der Waals surface area (Å²) in [7, 11) is 0. The van der Waals surface area contributed by atoms with Crippen LogP contribution in [0.1, 0.15) is 51.0 Å². The van der Waals surface area contributed by atoms with Gasteiger partial charge in [-0.3, -0.25) is 0 Å². The Morgan fingerprint density at radius 1 is 0.475 bits per heavy atom. The normalized spacial score (nSPS) is 14.8. The molecule has 0 aliphatic carbocycles. The van der Waals surface area contributed by atoms with Crippen LogP contribution in [0.15, 0.2) is 36.7 Å². The van der Waals surface area contributed by atoms with E-state index in [1.807, 2.05) is 0 Å². The highest BCUT2D eigenvalue weighted by atomic mass is 19.4. The fraction of sp³-hybridized carbons (Fsp3) is 0.688. The van der Waals surface area contributed by atoms with E-state index in [-0.39, 0.29) is 11.6 Å². The zero-order valence-corrected chi connectivity index (χ0v) is 30.3. The molecule has 1 heterocycles. The van der Waals surface area contributed by atoms with Crippen molar-refractivity contribution < 1.29 is 120 Å². The molecule has 6 nitrogen and oxygen atoms in total. The fourth-order valence-corrected chi connectivity index (χ4v) is 4.49. The molecule has 0 atom stereocenters. The van der Waals surface area contributed by atoms with Crippen LogP contribution in [-0.2, 0) is 20.6 Å². The molecule has 0 amide bonds. The third-order valence-electron chi connectivity index (χ3n) is 8.00. The van der Waals surface area contributed by atoms with E-state index in [9.17, 15) is 101 Å². The molecule has 1 aromatic heterocycles. The van der Waals surface area contributed by atoms with Crippen molar-refractivity contribution in [3.63, 3.8) is 0 Å². The Bertz CT molecular complexity index is 1690. The highest BCUT2D eigenvalue weighted by molar-refractivity contribution is 5.55. The maximum atomic E-state index is 14.1. The first-order chi connectivity index (χ1) is 27.4. The number of aromatic nitrogens is 2. The molecule has 1 aromatic carbocycles. The summed E-state index contributed by atoms with van der Waals surface area (Å²) in [5, 5.41) is 0.